The zero-order valence-corrected chi connectivity index (χ0v) is 11.1. The van der Waals surface area contributed by atoms with Gasteiger partial charge in [-0.15, -0.1) is 13.2 Å². The number of carboxylic acid groups (broad SMARTS) is 1. The first-order valence-corrected chi connectivity index (χ1v) is 6.03. The van der Waals surface area contributed by atoms with Gasteiger partial charge in [0.25, 0.3) is 0 Å². The molecule has 0 radical (unpaired) electrons. The number of hydrogen-bond donors (Lipinski definition) is 1. The molecule has 7 heteroatoms. The highest BCUT2D eigenvalue weighted by Gasteiger charge is 2.33. The molecule has 1 N–H and O–H groups in total. The zero-order valence-electron chi connectivity index (χ0n) is 10.3. The van der Waals surface area contributed by atoms with Gasteiger partial charge in [0.2, 0.25) is 0 Å². The summed E-state index contributed by atoms with van der Waals surface area (Å²) in [6.45, 7) is 0. The van der Waals surface area contributed by atoms with E-state index in [4.69, 9.17) is 16.7 Å². The van der Waals surface area contributed by atoms with E-state index in [0.717, 1.165) is 12.1 Å². The van der Waals surface area contributed by atoms with Crippen LogP contribution in [0.3, 0.4) is 0 Å². The van der Waals surface area contributed by atoms with E-state index in [1.807, 2.05) is 0 Å². The maximum atomic E-state index is 12.3. The van der Waals surface area contributed by atoms with Gasteiger partial charge in [0.1, 0.15) is 11.3 Å². The second-order valence-electron chi connectivity index (χ2n) is 4.07. The van der Waals surface area contributed by atoms with Gasteiger partial charge in [-0.1, -0.05) is 29.8 Å². The minimum absolute atomic E-state index is 0.385. The predicted octanol–water partition coefficient (Wildman–Crippen LogP) is 4.60. The number of carboxylic acids is 1. The van der Waals surface area contributed by atoms with Crippen molar-refractivity contribution in [3.8, 4) is 16.9 Å². The van der Waals surface area contributed by atoms with Crippen molar-refractivity contribution in [2.24, 2.45) is 0 Å². The van der Waals surface area contributed by atoms with Crippen molar-refractivity contribution in [1.29, 1.82) is 0 Å². The number of benzene rings is 2. The van der Waals surface area contributed by atoms with E-state index in [1.54, 1.807) is 24.3 Å². The van der Waals surface area contributed by atoms with E-state index in [9.17, 15) is 18.0 Å². The van der Waals surface area contributed by atoms with Crippen LogP contribution >= 0.6 is 11.6 Å². The molecule has 0 aliphatic heterocycles. The molecular formula is C14H8ClF3O3. The third kappa shape index (κ3) is 3.88. The van der Waals surface area contributed by atoms with Gasteiger partial charge >= 0.3 is 12.3 Å². The summed E-state index contributed by atoms with van der Waals surface area (Å²) in [6, 6.07) is 9.85. The Hall–Kier alpha value is -2.21. The molecule has 0 fully saturated rings. The summed E-state index contributed by atoms with van der Waals surface area (Å²) in [5, 5.41) is 9.37. The Morgan fingerprint density at radius 1 is 1.05 bits per heavy atom. The number of ether oxygens (including phenoxy) is 1. The van der Waals surface area contributed by atoms with Crippen molar-refractivity contribution >= 4 is 17.6 Å². The van der Waals surface area contributed by atoms with Crippen molar-refractivity contribution in [2.45, 2.75) is 6.36 Å². The minimum Gasteiger partial charge on any atom is -0.478 e. The monoisotopic (exact) mass is 316 g/mol. The van der Waals surface area contributed by atoms with Gasteiger partial charge in [-0.05, 0) is 35.4 Å². The van der Waals surface area contributed by atoms with Gasteiger partial charge < -0.3 is 9.84 Å². The van der Waals surface area contributed by atoms with Gasteiger partial charge in [0.05, 0.1) is 0 Å². The van der Waals surface area contributed by atoms with E-state index in [1.165, 1.54) is 6.07 Å². The maximum absolute atomic E-state index is 12.3. The molecule has 0 aliphatic carbocycles. The second-order valence-corrected chi connectivity index (χ2v) is 4.51. The van der Waals surface area contributed by atoms with Gasteiger partial charge in [-0.2, -0.15) is 0 Å². The molecule has 2 rings (SSSR count). The summed E-state index contributed by atoms with van der Waals surface area (Å²) in [5.41, 5.74) is 0.407. The van der Waals surface area contributed by atoms with Crippen LogP contribution < -0.4 is 4.74 Å². The molecule has 0 spiro atoms. The van der Waals surface area contributed by atoms with E-state index in [2.05, 4.69) is 4.74 Å². The van der Waals surface area contributed by atoms with E-state index in [-0.39, 0.29) is 0 Å². The summed E-state index contributed by atoms with van der Waals surface area (Å²) in [5.74, 6) is -2.26. The van der Waals surface area contributed by atoms with Gasteiger partial charge in [-0.3, -0.25) is 0 Å². The van der Waals surface area contributed by atoms with Crippen LogP contribution in [0, 0.1) is 0 Å². The van der Waals surface area contributed by atoms with Crippen LogP contribution in [0.25, 0.3) is 11.1 Å². The highest BCUT2D eigenvalue weighted by molar-refractivity contribution is 6.30. The van der Waals surface area contributed by atoms with E-state index < -0.39 is 23.6 Å². The summed E-state index contributed by atoms with van der Waals surface area (Å²) < 4.78 is 40.8. The molecule has 0 atom stereocenters. The third-order valence-electron chi connectivity index (χ3n) is 2.62. The lowest BCUT2D eigenvalue weighted by Gasteiger charge is -2.13. The average molecular weight is 317 g/mol. The standard InChI is InChI=1S/C14H8ClF3O3/c15-10-4-1-8(2-5-10)9-3-6-11(13(19)20)12(7-9)21-14(16,17)18/h1-7H,(H,19,20). The molecule has 3 nitrogen and oxygen atoms in total. The number of rotatable bonds is 3. The molecule has 0 saturated heterocycles. The lowest BCUT2D eigenvalue weighted by atomic mass is 10.0. The number of halogens is 4. The molecule has 110 valence electrons. The molecule has 0 amide bonds. The highest BCUT2D eigenvalue weighted by Crippen LogP contribution is 2.31. The lowest BCUT2D eigenvalue weighted by Crippen LogP contribution is -2.19. The summed E-state index contributed by atoms with van der Waals surface area (Å²) in [6.07, 6.45) is -4.97. The SMILES string of the molecule is O=C(O)c1ccc(-c2ccc(Cl)cc2)cc1OC(F)(F)F. The van der Waals surface area contributed by atoms with Crippen LogP contribution in [0.2, 0.25) is 5.02 Å². The first-order valence-electron chi connectivity index (χ1n) is 5.65. The quantitative estimate of drug-likeness (QED) is 0.900. The number of aromatic carboxylic acids is 1. The molecule has 2 aromatic rings. The molecule has 0 saturated carbocycles. The largest absolute Gasteiger partial charge is 0.573 e. The molecule has 0 aromatic heterocycles. The Morgan fingerprint density at radius 3 is 2.14 bits per heavy atom. The lowest BCUT2D eigenvalue weighted by molar-refractivity contribution is -0.274. The van der Waals surface area contributed by atoms with Gasteiger partial charge in [0.15, 0.2) is 0 Å². The van der Waals surface area contributed by atoms with Crippen molar-refractivity contribution in [2.75, 3.05) is 0 Å². The summed E-state index contributed by atoms with van der Waals surface area (Å²) >= 11 is 5.73. The fourth-order valence-electron chi connectivity index (χ4n) is 1.73. The third-order valence-corrected chi connectivity index (χ3v) is 2.87. The van der Waals surface area contributed by atoms with Crippen LogP contribution in [0.1, 0.15) is 10.4 Å². The van der Waals surface area contributed by atoms with Crippen molar-refractivity contribution in [3.63, 3.8) is 0 Å². The van der Waals surface area contributed by atoms with Crippen molar-refractivity contribution < 1.29 is 27.8 Å². The van der Waals surface area contributed by atoms with Gasteiger partial charge in [-0.25, -0.2) is 4.79 Å². The number of carbonyl (C=O) groups is 1. The van der Waals surface area contributed by atoms with E-state index >= 15 is 0 Å². The maximum Gasteiger partial charge on any atom is 0.573 e. The molecule has 0 bridgehead atoms. The first kappa shape index (κ1) is 15.2. The van der Waals surface area contributed by atoms with Crippen molar-refractivity contribution in [3.05, 3.63) is 53.1 Å². The van der Waals surface area contributed by atoms with Crippen LogP contribution in [0.4, 0.5) is 13.2 Å². The second kappa shape index (κ2) is 5.65. The minimum atomic E-state index is -4.97. The molecule has 0 heterocycles. The molecule has 0 unspecified atom stereocenters. The molecule has 21 heavy (non-hydrogen) atoms. The predicted molar refractivity (Wildman–Crippen MR) is 70.5 cm³/mol. The van der Waals surface area contributed by atoms with Crippen molar-refractivity contribution in [1.82, 2.24) is 0 Å². The Morgan fingerprint density at radius 2 is 1.62 bits per heavy atom. The molecular weight excluding hydrogens is 309 g/mol. The normalized spacial score (nSPS) is 11.2. The fraction of sp³-hybridized carbons (Fsp3) is 0.0714. The fourth-order valence-corrected chi connectivity index (χ4v) is 1.86. The summed E-state index contributed by atoms with van der Waals surface area (Å²) in [7, 11) is 0. The number of hydrogen-bond acceptors (Lipinski definition) is 2. The van der Waals surface area contributed by atoms with Crippen LogP contribution in [0.5, 0.6) is 5.75 Å². The summed E-state index contributed by atoms with van der Waals surface area (Å²) in [4.78, 5) is 10.9. The smallest absolute Gasteiger partial charge is 0.478 e. The van der Waals surface area contributed by atoms with Crippen LogP contribution in [-0.4, -0.2) is 17.4 Å². The first-order chi connectivity index (χ1) is 9.76. The topological polar surface area (TPSA) is 46.5 Å². The van der Waals surface area contributed by atoms with Crippen LogP contribution in [-0.2, 0) is 0 Å². The molecule has 2 aromatic carbocycles. The van der Waals surface area contributed by atoms with Gasteiger partial charge in [0, 0.05) is 5.02 Å². The Kier molecular flexibility index (Phi) is 4.09. The zero-order chi connectivity index (χ0) is 15.6. The molecule has 0 aliphatic rings. The Balaban J connectivity index is 2.48. The number of alkyl halides is 3. The van der Waals surface area contributed by atoms with Crippen LogP contribution in [0.15, 0.2) is 42.5 Å². The Labute approximate surface area is 122 Å². The van der Waals surface area contributed by atoms with E-state index in [0.29, 0.717) is 16.1 Å². The average Bonchev–Trinajstić information content (AvgIpc) is 2.37. The Bertz CT molecular complexity index is 666. The highest BCUT2D eigenvalue weighted by atomic mass is 35.5.